The van der Waals surface area contributed by atoms with Gasteiger partial charge in [0.2, 0.25) is 5.91 Å². The highest BCUT2D eigenvalue weighted by Crippen LogP contribution is 2.36. The Labute approximate surface area is 192 Å². The Morgan fingerprint density at radius 3 is 2.61 bits per heavy atom. The van der Waals surface area contributed by atoms with Crippen LogP contribution in [0.25, 0.3) is 11.5 Å². The van der Waals surface area contributed by atoms with Crippen molar-refractivity contribution in [2.45, 2.75) is 24.0 Å². The summed E-state index contributed by atoms with van der Waals surface area (Å²) >= 11 is 5.91. The van der Waals surface area contributed by atoms with E-state index in [1.54, 1.807) is 24.3 Å². The van der Waals surface area contributed by atoms with E-state index in [2.05, 4.69) is 10.2 Å². The van der Waals surface area contributed by atoms with Crippen LogP contribution in [-0.2, 0) is 22.1 Å². The van der Waals surface area contributed by atoms with Crippen LogP contribution in [0, 0.1) is 5.82 Å². The van der Waals surface area contributed by atoms with Crippen molar-refractivity contribution < 1.29 is 31.0 Å². The van der Waals surface area contributed by atoms with Crippen LogP contribution in [0.3, 0.4) is 0 Å². The summed E-state index contributed by atoms with van der Waals surface area (Å²) in [7, 11) is -1.65. The van der Waals surface area contributed by atoms with Gasteiger partial charge in [-0.3, -0.25) is 9.00 Å². The second-order valence-electron chi connectivity index (χ2n) is 7.09. The van der Waals surface area contributed by atoms with Crippen molar-refractivity contribution in [2.75, 3.05) is 22.5 Å². The van der Waals surface area contributed by atoms with Gasteiger partial charge in [0.05, 0.1) is 33.5 Å². The fourth-order valence-electron chi connectivity index (χ4n) is 3.19. The van der Waals surface area contributed by atoms with Crippen LogP contribution in [0.4, 0.5) is 29.3 Å². The van der Waals surface area contributed by atoms with Gasteiger partial charge in [0.1, 0.15) is 12.4 Å². The Bertz CT molecular complexity index is 1220. The number of aromatic nitrogens is 2. The molecule has 0 aliphatic carbocycles. The van der Waals surface area contributed by atoms with Crippen LogP contribution in [0.15, 0.2) is 45.7 Å². The van der Waals surface area contributed by atoms with E-state index in [4.69, 9.17) is 16.0 Å². The molecule has 0 radical (unpaired) electrons. The highest BCUT2D eigenvalue weighted by molar-refractivity contribution is 7.85. The lowest BCUT2D eigenvalue weighted by Crippen LogP contribution is -2.30. The van der Waals surface area contributed by atoms with Gasteiger partial charge in [0.15, 0.2) is 0 Å². The first kappa shape index (κ1) is 23.2. The first-order valence-electron chi connectivity index (χ1n) is 9.52. The third-order valence-electron chi connectivity index (χ3n) is 4.74. The predicted octanol–water partition coefficient (Wildman–Crippen LogP) is 4.55. The van der Waals surface area contributed by atoms with E-state index >= 15 is 0 Å². The van der Waals surface area contributed by atoms with Gasteiger partial charge in [0, 0.05) is 17.2 Å². The first-order valence-corrected chi connectivity index (χ1v) is 11.2. The minimum absolute atomic E-state index is 0.0160. The van der Waals surface area contributed by atoms with Crippen LogP contribution in [0.2, 0.25) is 5.02 Å². The highest BCUT2D eigenvalue weighted by atomic mass is 35.5. The minimum atomic E-state index is -4.52. The van der Waals surface area contributed by atoms with Crippen molar-refractivity contribution in [1.29, 1.82) is 0 Å². The zero-order chi connectivity index (χ0) is 23.8. The monoisotopic (exact) mass is 502 g/mol. The number of nitrogens with one attached hydrogen (secondary N) is 1. The fraction of sp³-hybridized carbons (Fsp3) is 0.250. The van der Waals surface area contributed by atoms with E-state index in [1.165, 1.54) is 11.0 Å². The van der Waals surface area contributed by atoms with Crippen LogP contribution in [0.5, 0.6) is 0 Å². The van der Waals surface area contributed by atoms with Gasteiger partial charge in [-0.25, -0.2) is 4.39 Å². The number of benzene rings is 2. The van der Waals surface area contributed by atoms with Gasteiger partial charge in [-0.2, -0.15) is 13.2 Å². The molecule has 1 aliphatic rings. The standard InChI is InChI=1S/C20H15ClF4N4O3S/c21-12-3-1-11(2-4-12)9-29-15-7-13(14(22)8-16(15)33(31)6-5-17(29)30)18-27-28-19(32-18)26-10-20(23,24)25/h1-4,7-8H,5-6,9-10H2,(H,26,28). The van der Waals surface area contributed by atoms with Gasteiger partial charge < -0.3 is 14.6 Å². The Kier molecular flexibility index (Phi) is 6.39. The number of amides is 1. The van der Waals surface area contributed by atoms with E-state index in [1.807, 2.05) is 5.32 Å². The molecule has 0 spiro atoms. The number of rotatable bonds is 5. The molecule has 0 saturated heterocycles. The van der Waals surface area contributed by atoms with Crippen molar-refractivity contribution in [2.24, 2.45) is 0 Å². The molecule has 1 aromatic heterocycles. The molecule has 3 aromatic rings. The first-order chi connectivity index (χ1) is 15.6. The second kappa shape index (κ2) is 9.10. The Hall–Kier alpha value is -2.99. The fourth-order valence-corrected chi connectivity index (χ4v) is 4.53. The van der Waals surface area contributed by atoms with Gasteiger partial charge in [-0.05, 0) is 29.8 Å². The summed E-state index contributed by atoms with van der Waals surface area (Å²) in [5, 5.41) is 9.47. The van der Waals surface area contributed by atoms with Crippen molar-refractivity contribution >= 4 is 40.0 Å². The molecule has 4 rings (SSSR count). The number of alkyl halides is 3. The molecule has 1 unspecified atom stereocenters. The third kappa shape index (κ3) is 5.33. The molecule has 174 valence electrons. The molecular weight excluding hydrogens is 488 g/mol. The highest BCUT2D eigenvalue weighted by Gasteiger charge is 2.30. The number of fused-ring (bicyclic) bond motifs is 1. The van der Waals surface area contributed by atoms with Crippen LogP contribution >= 0.6 is 11.6 Å². The number of halogens is 5. The zero-order valence-electron chi connectivity index (χ0n) is 16.7. The molecule has 0 fully saturated rings. The third-order valence-corrected chi connectivity index (χ3v) is 6.38. The summed E-state index contributed by atoms with van der Waals surface area (Å²) in [5.74, 6) is -1.57. The molecular formula is C20H15ClF4N4O3S. The summed E-state index contributed by atoms with van der Waals surface area (Å²) in [5.41, 5.74) is 0.674. The zero-order valence-corrected chi connectivity index (χ0v) is 18.2. The summed E-state index contributed by atoms with van der Waals surface area (Å²) in [4.78, 5) is 14.3. The van der Waals surface area contributed by atoms with Gasteiger partial charge >= 0.3 is 12.2 Å². The quantitative estimate of drug-likeness (QED) is 0.515. The average molecular weight is 503 g/mol. The molecule has 2 aromatic carbocycles. The molecule has 33 heavy (non-hydrogen) atoms. The largest absolute Gasteiger partial charge is 0.405 e. The molecule has 2 heterocycles. The summed E-state index contributed by atoms with van der Waals surface area (Å²) < 4.78 is 69.8. The SMILES string of the molecule is O=C1CCS(=O)c2cc(F)c(-c3nnc(NCC(F)(F)F)o3)cc2N1Cc1ccc(Cl)cc1. The normalized spacial score (nSPS) is 16.5. The number of anilines is 2. The Morgan fingerprint density at radius 1 is 1.18 bits per heavy atom. The Morgan fingerprint density at radius 2 is 1.91 bits per heavy atom. The van der Waals surface area contributed by atoms with Gasteiger partial charge in [-0.15, -0.1) is 5.10 Å². The van der Waals surface area contributed by atoms with Crippen molar-refractivity contribution in [3.05, 3.63) is 52.8 Å². The smallest absolute Gasteiger partial charge is 0.403 e. The van der Waals surface area contributed by atoms with E-state index < -0.39 is 41.2 Å². The summed E-state index contributed by atoms with van der Waals surface area (Å²) in [6.45, 7) is -1.31. The lowest BCUT2D eigenvalue weighted by molar-refractivity contribution is -0.118. The van der Waals surface area contributed by atoms with Crippen LogP contribution < -0.4 is 10.2 Å². The molecule has 0 saturated carbocycles. The predicted molar refractivity (Wildman–Crippen MR) is 113 cm³/mol. The van der Waals surface area contributed by atoms with Crippen molar-refractivity contribution in [3.63, 3.8) is 0 Å². The van der Waals surface area contributed by atoms with Gasteiger partial charge in [-0.1, -0.05) is 28.8 Å². The minimum Gasteiger partial charge on any atom is -0.403 e. The van der Waals surface area contributed by atoms with E-state index in [0.717, 1.165) is 11.6 Å². The van der Waals surface area contributed by atoms with Crippen molar-refractivity contribution in [3.8, 4) is 11.5 Å². The van der Waals surface area contributed by atoms with Gasteiger partial charge in [0.25, 0.3) is 5.89 Å². The molecule has 1 amide bonds. The average Bonchev–Trinajstić information content (AvgIpc) is 3.20. The van der Waals surface area contributed by atoms with E-state index in [0.29, 0.717) is 5.02 Å². The van der Waals surface area contributed by atoms with Crippen LogP contribution in [0.1, 0.15) is 12.0 Å². The van der Waals surface area contributed by atoms with Crippen LogP contribution in [-0.4, -0.2) is 38.8 Å². The maximum Gasteiger partial charge on any atom is 0.405 e. The summed E-state index contributed by atoms with van der Waals surface area (Å²) in [6, 6.07) is 8.46. The second-order valence-corrected chi connectivity index (χ2v) is 9.06. The molecule has 13 heteroatoms. The summed E-state index contributed by atoms with van der Waals surface area (Å²) in [6.07, 6.45) is -4.53. The topological polar surface area (TPSA) is 88.3 Å². The molecule has 0 bridgehead atoms. The molecule has 1 atom stereocenters. The molecule has 7 nitrogen and oxygen atoms in total. The molecule has 1 aliphatic heterocycles. The molecule has 1 N–H and O–H groups in total. The van der Waals surface area contributed by atoms with E-state index in [-0.39, 0.29) is 40.8 Å². The lowest BCUT2D eigenvalue weighted by atomic mass is 10.1. The van der Waals surface area contributed by atoms with E-state index in [9.17, 15) is 26.6 Å². The maximum absolute atomic E-state index is 14.9. The number of carbonyl (C=O) groups is 1. The maximum atomic E-state index is 14.9. The lowest BCUT2D eigenvalue weighted by Gasteiger charge is -2.23. The number of nitrogens with zero attached hydrogens (tertiary/aromatic N) is 3. The number of hydrogen-bond donors (Lipinski definition) is 1. The number of carbonyl (C=O) groups excluding carboxylic acids is 1. The Balaban J connectivity index is 1.72. The number of hydrogen-bond acceptors (Lipinski definition) is 6. The van der Waals surface area contributed by atoms with Crippen molar-refractivity contribution in [1.82, 2.24) is 10.2 Å².